The highest BCUT2D eigenvalue weighted by molar-refractivity contribution is 5.84. The molecule has 1 aliphatic heterocycles. The molecule has 1 fully saturated rings. The van der Waals surface area contributed by atoms with Gasteiger partial charge in [0.25, 0.3) is 0 Å². The van der Waals surface area contributed by atoms with Crippen LogP contribution in [0.25, 0.3) is 0 Å². The van der Waals surface area contributed by atoms with Gasteiger partial charge in [-0.3, -0.25) is 9.69 Å². The van der Waals surface area contributed by atoms with Gasteiger partial charge < -0.3 is 5.73 Å². The SMILES string of the molecule is CCCCC(C)(C(N)=O)N1CCCCC1. The number of likely N-dealkylation sites (tertiary alicyclic amines) is 1. The lowest BCUT2D eigenvalue weighted by molar-refractivity contribution is -0.130. The second kappa shape index (κ2) is 5.50. The maximum absolute atomic E-state index is 11.6. The molecule has 0 aromatic carbocycles. The Morgan fingerprint density at radius 3 is 2.40 bits per heavy atom. The average molecular weight is 212 g/mol. The number of hydrogen-bond acceptors (Lipinski definition) is 2. The highest BCUT2D eigenvalue weighted by Gasteiger charge is 2.37. The zero-order chi connectivity index (χ0) is 11.3. The second-order valence-electron chi connectivity index (χ2n) is 4.79. The Morgan fingerprint density at radius 1 is 1.33 bits per heavy atom. The largest absolute Gasteiger partial charge is 0.368 e. The minimum Gasteiger partial charge on any atom is -0.368 e. The smallest absolute Gasteiger partial charge is 0.237 e. The molecule has 1 aliphatic rings. The monoisotopic (exact) mass is 212 g/mol. The van der Waals surface area contributed by atoms with Crippen molar-refractivity contribution in [3.8, 4) is 0 Å². The molecule has 1 saturated heterocycles. The quantitative estimate of drug-likeness (QED) is 0.756. The van der Waals surface area contributed by atoms with Crippen LogP contribution in [0.15, 0.2) is 0 Å². The van der Waals surface area contributed by atoms with Crippen LogP contribution < -0.4 is 5.73 Å². The van der Waals surface area contributed by atoms with E-state index in [0.29, 0.717) is 0 Å². The molecule has 15 heavy (non-hydrogen) atoms. The fourth-order valence-electron chi connectivity index (χ4n) is 2.35. The van der Waals surface area contributed by atoms with Crippen molar-refractivity contribution < 1.29 is 4.79 Å². The van der Waals surface area contributed by atoms with Crippen molar-refractivity contribution in [2.24, 2.45) is 5.73 Å². The maximum Gasteiger partial charge on any atom is 0.237 e. The number of nitrogens with two attached hydrogens (primary N) is 1. The van der Waals surface area contributed by atoms with Crippen molar-refractivity contribution in [2.45, 2.75) is 57.9 Å². The van der Waals surface area contributed by atoms with E-state index < -0.39 is 5.54 Å². The van der Waals surface area contributed by atoms with Gasteiger partial charge in [0, 0.05) is 0 Å². The summed E-state index contributed by atoms with van der Waals surface area (Å²) in [6.45, 7) is 6.22. The normalized spacial score (nSPS) is 22.3. The minimum absolute atomic E-state index is 0.155. The number of piperidine rings is 1. The number of amides is 1. The summed E-state index contributed by atoms with van der Waals surface area (Å²) in [4.78, 5) is 13.9. The van der Waals surface area contributed by atoms with Crippen LogP contribution in [-0.4, -0.2) is 29.4 Å². The molecule has 3 nitrogen and oxygen atoms in total. The predicted molar refractivity (Wildman–Crippen MR) is 62.5 cm³/mol. The zero-order valence-corrected chi connectivity index (χ0v) is 10.1. The molecule has 1 amide bonds. The number of nitrogens with zero attached hydrogens (tertiary/aromatic N) is 1. The summed E-state index contributed by atoms with van der Waals surface area (Å²) >= 11 is 0. The number of unbranched alkanes of at least 4 members (excludes halogenated alkanes) is 1. The highest BCUT2D eigenvalue weighted by atomic mass is 16.1. The summed E-state index contributed by atoms with van der Waals surface area (Å²) in [7, 11) is 0. The van der Waals surface area contributed by atoms with Crippen LogP contribution in [0, 0.1) is 0 Å². The van der Waals surface area contributed by atoms with Gasteiger partial charge in [0.15, 0.2) is 0 Å². The first kappa shape index (κ1) is 12.5. The first-order chi connectivity index (χ1) is 7.11. The third-order valence-electron chi connectivity index (χ3n) is 3.60. The maximum atomic E-state index is 11.6. The number of carbonyl (C=O) groups excluding carboxylic acids is 1. The molecule has 2 N–H and O–H groups in total. The van der Waals surface area contributed by atoms with Gasteiger partial charge in [-0.05, 0) is 39.3 Å². The van der Waals surface area contributed by atoms with E-state index in [1.54, 1.807) is 0 Å². The molecule has 1 rings (SSSR count). The van der Waals surface area contributed by atoms with Gasteiger partial charge in [-0.15, -0.1) is 0 Å². The van der Waals surface area contributed by atoms with Crippen LogP contribution in [0.2, 0.25) is 0 Å². The molecule has 0 spiro atoms. The Labute approximate surface area is 93.0 Å². The number of hydrogen-bond donors (Lipinski definition) is 1. The van der Waals surface area contributed by atoms with Crippen molar-refractivity contribution >= 4 is 5.91 Å². The van der Waals surface area contributed by atoms with Crippen LogP contribution in [0.1, 0.15) is 52.4 Å². The van der Waals surface area contributed by atoms with Gasteiger partial charge in [-0.2, -0.15) is 0 Å². The van der Waals surface area contributed by atoms with E-state index in [-0.39, 0.29) is 5.91 Å². The van der Waals surface area contributed by atoms with Gasteiger partial charge >= 0.3 is 0 Å². The number of rotatable bonds is 5. The third kappa shape index (κ3) is 2.94. The summed E-state index contributed by atoms with van der Waals surface area (Å²) in [6.07, 6.45) is 6.80. The lowest BCUT2D eigenvalue weighted by Gasteiger charge is -2.41. The van der Waals surface area contributed by atoms with Gasteiger partial charge in [-0.1, -0.05) is 26.2 Å². The van der Waals surface area contributed by atoms with E-state index in [2.05, 4.69) is 11.8 Å². The summed E-state index contributed by atoms with van der Waals surface area (Å²) in [5, 5.41) is 0. The second-order valence-corrected chi connectivity index (χ2v) is 4.79. The van der Waals surface area contributed by atoms with E-state index in [1.807, 2.05) is 6.92 Å². The van der Waals surface area contributed by atoms with Crippen LogP contribution in [-0.2, 0) is 4.79 Å². The van der Waals surface area contributed by atoms with Crippen LogP contribution in [0.4, 0.5) is 0 Å². The summed E-state index contributed by atoms with van der Waals surface area (Å²) in [6, 6.07) is 0. The van der Waals surface area contributed by atoms with Crippen molar-refractivity contribution in [3.05, 3.63) is 0 Å². The topological polar surface area (TPSA) is 46.3 Å². The molecule has 0 bridgehead atoms. The Bertz CT molecular complexity index is 212. The molecule has 1 atom stereocenters. The van der Waals surface area contributed by atoms with Gasteiger partial charge in [-0.25, -0.2) is 0 Å². The first-order valence-electron chi connectivity index (χ1n) is 6.16. The Balaban J connectivity index is 2.65. The Morgan fingerprint density at radius 2 is 1.93 bits per heavy atom. The highest BCUT2D eigenvalue weighted by Crippen LogP contribution is 2.25. The van der Waals surface area contributed by atoms with Crippen LogP contribution in [0.3, 0.4) is 0 Å². The molecule has 0 aromatic rings. The van der Waals surface area contributed by atoms with Gasteiger partial charge in [0.05, 0.1) is 5.54 Å². The average Bonchev–Trinajstić information content (AvgIpc) is 2.27. The van der Waals surface area contributed by atoms with E-state index in [9.17, 15) is 4.79 Å². The summed E-state index contributed by atoms with van der Waals surface area (Å²) < 4.78 is 0. The molecular formula is C12H24N2O. The molecule has 0 saturated carbocycles. The van der Waals surface area contributed by atoms with Crippen LogP contribution >= 0.6 is 0 Å². The zero-order valence-electron chi connectivity index (χ0n) is 10.1. The summed E-state index contributed by atoms with van der Waals surface area (Å²) in [5.74, 6) is -0.155. The lowest BCUT2D eigenvalue weighted by Crippen LogP contribution is -2.56. The third-order valence-corrected chi connectivity index (χ3v) is 3.60. The van der Waals surface area contributed by atoms with Crippen molar-refractivity contribution in [2.75, 3.05) is 13.1 Å². The fourth-order valence-corrected chi connectivity index (χ4v) is 2.35. The van der Waals surface area contributed by atoms with Gasteiger partial charge in [0.2, 0.25) is 5.91 Å². The first-order valence-corrected chi connectivity index (χ1v) is 6.16. The van der Waals surface area contributed by atoms with E-state index in [1.165, 1.54) is 19.3 Å². The molecule has 0 aliphatic carbocycles. The van der Waals surface area contributed by atoms with E-state index in [4.69, 9.17) is 5.73 Å². The van der Waals surface area contributed by atoms with E-state index in [0.717, 1.165) is 32.4 Å². The minimum atomic E-state index is -0.406. The van der Waals surface area contributed by atoms with Crippen molar-refractivity contribution in [1.29, 1.82) is 0 Å². The molecule has 1 heterocycles. The Kier molecular flexibility index (Phi) is 4.58. The molecule has 1 unspecified atom stereocenters. The Hall–Kier alpha value is -0.570. The predicted octanol–water partition coefficient (Wildman–Crippen LogP) is 1.91. The molecule has 0 radical (unpaired) electrons. The molecule has 88 valence electrons. The fraction of sp³-hybridized carbons (Fsp3) is 0.917. The molecule has 3 heteroatoms. The number of carbonyl (C=O) groups is 1. The molecule has 0 aromatic heterocycles. The van der Waals surface area contributed by atoms with Crippen LogP contribution in [0.5, 0.6) is 0 Å². The molecular weight excluding hydrogens is 188 g/mol. The standard InChI is InChI=1S/C12H24N2O/c1-3-4-8-12(2,11(13)15)14-9-6-5-7-10-14/h3-10H2,1-2H3,(H2,13,15). The van der Waals surface area contributed by atoms with Crippen molar-refractivity contribution in [3.63, 3.8) is 0 Å². The number of primary amides is 1. The van der Waals surface area contributed by atoms with Gasteiger partial charge in [0.1, 0.15) is 0 Å². The van der Waals surface area contributed by atoms with Crippen molar-refractivity contribution in [1.82, 2.24) is 4.90 Å². The lowest BCUT2D eigenvalue weighted by atomic mass is 9.90. The van der Waals surface area contributed by atoms with E-state index >= 15 is 0 Å². The summed E-state index contributed by atoms with van der Waals surface area (Å²) in [5.41, 5.74) is 5.16.